The van der Waals surface area contributed by atoms with Crippen LogP contribution in [-0.2, 0) is 14.8 Å². The summed E-state index contributed by atoms with van der Waals surface area (Å²) in [6.45, 7) is 5.91. The average molecular weight is 543 g/mol. The first-order chi connectivity index (χ1) is 18.3. The van der Waals surface area contributed by atoms with E-state index in [-0.39, 0.29) is 22.5 Å². The SMILES string of the molecule is Cc1ccc(/C=C/c2onc(C)c2S(=O)(=O)N2CCC(C(=O)NCCCN(C)C3CCCCC3)CC2)cc1. The highest BCUT2D eigenvalue weighted by Gasteiger charge is 2.35. The predicted octanol–water partition coefficient (Wildman–Crippen LogP) is 4.63. The monoisotopic (exact) mass is 542 g/mol. The van der Waals surface area contributed by atoms with Crippen LogP contribution in [0.2, 0.25) is 0 Å². The van der Waals surface area contributed by atoms with Crippen LogP contribution in [0.5, 0.6) is 0 Å². The van der Waals surface area contributed by atoms with Gasteiger partial charge in [-0.2, -0.15) is 4.31 Å². The third-order valence-electron chi connectivity index (χ3n) is 7.95. The summed E-state index contributed by atoms with van der Waals surface area (Å²) in [5, 5.41) is 7.01. The van der Waals surface area contributed by atoms with Crippen molar-refractivity contribution in [2.24, 2.45) is 5.92 Å². The normalized spacial score (nSPS) is 18.4. The molecular formula is C29H42N4O4S. The van der Waals surface area contributed by atoms with Crippen LogP contribution in [0.25, 0.3) is 12.2 Å². The number of nitrogens with zero attached hydrogens (tertiary/aromatic N) is 3. The molecule has 1 amide bonds. The molecule has 2 aliphatic rings. The average Bonchev–Trinajstić information content (AvgIpc) is 3.32. The van der Waals surface area contributed by atoms with Crippen molar-refractivity contribution >= 4 is 28.1 Å². The molecular weight excluding hydrogens is 500 g/mol. The van der Waals surface area contributed by atoms with Gasteiger partial charge in [-0.3, -0.25) is 4.79 Å². The number of amides is 1. The summed E-state index contributed by atoms with van der Waals surface area (Å²) in [7, 11) is -1.60. The Morgan fingerprint density at radius 3 is 2.45 bits per heavy atom. The first-order valence-corrected chi connectivity index (χ1v) is 15.4. The van der Waals surface area contributed by atoms with Crippen molar-refractivity contribution in [1.82, 2.24) is 19.7 Å². The van der Waals surface area contributed by atoms with E-state index in [1.165, 1.54) is 36.4 Å². The number of sulfonamides is 1. The van der Waals surface area contributed by atoms with Crippen molar-refractivity contribution in [2.45, 2.75) is 76.2 Å². The predicted molar refractivity (Wildman–Crippen MR) is 150 cm³/mol. The van der Waals surface area contributed by atoms with Gasteiger partial charge in [0.05, 0.1) is 0 Å². The van der Waals surface area contributed by atoms with Crippen molar-refractivity contribution < 1.29 is 17.7 Å². The number of carbonyl (C=O) groups is 1. The standard InChI is InChI=1S/C29H42N4O4S/c1-22-10-12-24(13-11-22)14-15-27-28(23(2)31-37-27)38(35,36)33-20-16-25(17-21-33)29(34)30-18-7-19-32(3)26-8-5-4-6-9-26/h10-15,25-26H,4-9,16-21H2,1-3H3,(H,30,34)/b15-14+. The smallest absolute Gasteiger partial charge is 0.248 e. The Balaban J connectivity index is 1.27. The first kappa shape index (κ1) is 28.5. The quantitative estimate of drug-likeness (QED) is 0.440. The largest absolute Gasteiger partial charge is 0.356 e. The van der Waals surface area contributed by atoms with E-state index in [9.17, 15) is 13.2 Å². The lowest BCUT2D eigenvalue weighted by Crippen LogP contribution is -2.43. The molecule has 1 aliphatic carbocycles. The minimum Gasteiger partial charge on any atom is -0.356 e. The van der Waals surface area contributed by atoms with Crippen LogP contribution in [0.3, 0.4) is 0 Å². The van der Waals surface area contributed by atoms with Gasteiger partial charge in [-0.15, -0.1) is 0 Å². The lowest BCUT2D eigenvalue weighted by Gasteiger charge is -2.31. The van der Waals surface area contributed by atoms with E-state index in [2.05, 4.69) is 22.4 Å². The highest BCUT2D eigenvalue weighted by Crippen LogP contribution is 2.29. The topological polar surface area (TPSA) is 95.8 Å². The zero-order valence-corrected chi connectivity index (χ0v) is 23.8. The van der Waals surface area contributed by atoms with Gasteiger partial charge in [0.2, 0.25) is 15.9 Å². The molecule has 2 fully saturated rings. The summed E-state index contributed by atoms with van der Waals surface area (Å²) in [5.41, 5.74) is 2.44. The molecule has 2 aromatic rings. The molecule has 0 radical (unpaired) electrons. The number of nitrogens with one attached hydrogen (secondary N) is 1. The van der Waals surface area contributed by atoms with Crippen molar-refractivity contribution in [3.05, 3.63) is 46.8 Å². The minimum absolute atomic E-state index is 0.0326. The number of benzene rings is 1. The third kappa shape index (κ3) is 7.12. The van der Waals surface area contributed by atoms with E-state index >= 15 is 0 Å². The molecule has 208 valence electrons. The zero-order valence-electron chi connectivity index (χ0n) is 23.0. The maximum absolute atomic E-state index is 13.5. The van der Waals surface area contributed by atoms with E-state index in [4.69, 9.17) is 4.52 Å². The van der Waals surface area contributed by atoms with Gasteiger partial charge in [-0.1, -0.05) is 60.3 Å². The summed E-state index contributed by atoms with van der Waals surface area (Å²) in [4.78, 5) is 15.3. The second-order valence-corrected chi connectivity index (χ2v) is 12.7. The molecule has 0 spiro atoms. The molecule has 0 atom stereocenters. The molecule has 0 unspecified atom stereocenters. The van der Waals surface area contributed by atoms with Crippen LogP contribution in [0.1, 0.15) is 73.9 Å². The second kappa shape index (κ2) is 13.0. The number of piperidine rings is 1. The Kier molecular flexibility index (Phi) is 9.79. The Labute approximate surface area is 227 Å². The summed E-state index contributed by atoms with van der Waals surface area (Å²) >= 11 is 0. The summed E-state index contributed by atoms with van der Waals surface area (Å²) < 4.78 is 33.9. The number of hydrogen-bond acceptors (Lipinski definition) is 6. The highest BCUT2D eigenvalue weighted by molar-refractivity contribution is 7.89. The molecule has 1 N–H and O–H groups in total. The fourth-order valence-corrected chi connectivity index (χ4v) is 7.24. The maximum Gasteiger partial charge on any atom is 0.248 e. The number of rotatable bonds is 10. The van der Waals surface area contributed by atoms with Crippen LogP contribution in [0.15, 0.2) is 33.7 Å². The fourth-order valence-electron chi connectivity index (χ4n) is 5.52. The lowest BCUT2D eigenvalue weighted by molar-refractivity contribution is -0.126. The van der Waals surface area contributed by atoms with Crippen molar-refractivity contribution in [3.63, 3.8) is 0 Å². The van der Waals surface area contributed by atoms with Gasteiger partial charge in [-0.05, 0) is 71.2 Å². The molecule has 1 aromatic carbocycles. The van der Waals surface area contributed by atoms with Gasteiger partial charge in [0, 0.05) is 31.6 Å². The first-order valence-electron chi connectivity index (χ1n) is 13.9. The van der Waals surface area contributed by atoms with Crippen LogP contribution in [-0.4, -0.2) is 68.0 Å². The highest BCUT2D eigenvalue weighted by atomic mass is 32.2. The van der Waals surface area contributed by atoms with E-state index in [0.717, 1.165) is 24.1 Å². The van der Waals surface area contributed by atoms with Gasteiger partial charge < -0.3 is 14.7 Å². The van der Waals surface area contributed by atoms with E-state index < -0.39 is 10.0 Å². The Bertz CT molecular complexity index is 1190. The zero-order chi connectivity index (χ0) is 27.1. The number of hydrogen-bond donors (Lipinski definition) is 1. The fraction of sp³-hybridized carbons (Fsp3) is 0.586. The van der Waals surface area contributed by atoms with E-state index in [1.807, 2.05) is 37.3 Å². The summed E-state index contributed by atoms with van der Waals surface area (Å²) in [5.74, 6) is 0.0911. The molecule has 1 aromatic heterocycles. The second-order valence-electron chi connectivity index (χ2n) is 10.8. The molecule has 38 heavy (non-hydrogen) atoms. The molecule has 1 aliphatic heterocycles. The van der Waals surface area contributed by atoms with Crippen LogP contribution >= 0.6 is 0 Å². The maximum atomic E-state index is 13.5. The van der Waals surface area contributed by atoms with Gasteiger partial charge in [0.15, 0.2) is 10.7 Å². The van der Waals surface area contributed by atoms with E-state index in [1.54, 1.807) is 13.0 Å². The Morgan fingerprint density at radius 1 is 1.08 bits per heavy atom. The molecule has 0 bridgehead atoms. The van der Waals surface area contributed by atoms with Gasteiger partial charge in [0.1, 0.15) is 5.69 Å². The molecule has 9 heteroatoms. The Morgan fingerprint density at radius 2 is 1.76 bits per heavy atom. The molecule has 4 rings (SSSR count). The lowest BCUT2D eigenvalue weighted by atomic mass is 9.94. The minimum atomic E-state index is -3.79. The summed E-state index contributed by atoms with van der Waals surface area (Å²) in [6.07, 6.45) is 12.0. The van der Waals surface area contributed by atoms with Gasteiger partial charge in [-0.25, -0.2) is 8.42 Å². The van der Waals surface area contributed by atoms with Crippen LogP contribution in [0, 0.1) is 19.8 Å². The van der Waals surface area contributed by atoms with Gasteiger partial charge in [0.25, 0.3) is 0 Å². The van der Waals surface area contributed by atoms with Crippen molar-refractivity contribution in [3.8, 4) is 0 Å². The van der Waals surface area contributed by atoms with Gasteiger partial charge >= 0.3 is 0 Å². The molecule has 8 nitrogen and oxygen atoms in total. The molecule has 1 saturated carbocycles. The molecule has 2 heterocycles. The number of carbonyl (C=O) groups excluding carboxylic acids is 1. The van der Waals surface area contributed by atoms with Crippen LogP contribution in [0.4, 0.5) is 0 Å². The third-order valence-corrected chi connectivity index (χ3v) is 10.0. The van der Waals surface area contributed by atoms with Crippen LogP contribution < -0.4 is 5.32 Å². The van der Waals surface area contributed by atoms with Crippen molar-refractivity contribution in [2.75, 3.05) is 33.2 Å². The van der Waals surface area contributed by atoms with E-state index in [0.29, 0.717) is 44.2 Å². The number of aryl methyl sites for hydroxylation is 2. The number of aromatic nitrogens is 1. The Hall–Kier alpha value is -2.49. The molecule has 1 saturated heterocycles. The summed E-state index contributed by atoms with van der Waals surface area (Å²) in [6, 6.07) is 8.61. The van der Waals surface area contributed by atoms with Crippen molar-refractivity contribution in [1.29, 1.82) is 0 Å².